The Kier molecular flexibility index (Phi) is 5.01. The zero-order valence-electron chi connectivity index (χ0n) is 13.1. The molecule has 3 aromatic rings. The van der Waals surface area contributed by atoms with Crippen LogP contribution in [0.5, 0.6) is 5.75 Å². The van der Waals surface area contributed by atoms with Gasteiger partial charge in [-0.05, 0) is 36.6 Å². The summed E-state index contributed by atoms with van der Waals surface area (Å²) in [6.07, 6.45) is 1.89. The van der Waals surface area contributed by atoms with Crippen LogP contribution in [0.25, 0.3) is 11.0 Å². The maximum absolute atomic E-state index is 12.3. The van der Waals surface area contributed by atoms with E-state index in [1.165, 1.54) is 30.0 Å². The molecule has 0 atom stereocenters. The highest BCUT2D eigenvalue weighted by atomic mass is 35.5. The molecule has 0 aliphatic rings. The molecule has 0 fully saturated rings. The maximum atomic E-state index is 12.3. The van der Waals surface area contributed by atoms with Crippen LogP contribution in [0.3, 0.4) is 0 Å². The summed E-state index contributed by atoms with van der Waals surface area (Å²) >= 11 is 7.55. The first-order chi connectivity index (χ1) is 12.0. The van der Waals surface area contributed by atoms with E-state index in [-0.39, 0.29) is 23.5 Å². The van der Waals surface area contributed by atoms with Crippen LogP contribution in [0.15, 0.2) is 56.6 Å². The van der Waals surface area contributed by atoms with Crippen LogP contribution in [0, 0.1) is 0 Å². The number of hydrogen-bond acceptors (Lipinski definition) is 6. The van der Waals surface area contributed by atoms with Gasteiger partial charge in [-0.25, -0.2) is 9.59 Å². The van der Waals surface area contributed by atoms with Gasteiger partial charge in [-0.15, -0.1) is 11.8 Å². The fraction of sp³-hybridized carbons (Fsp3) is 0.111. The third-order valence-electron chi connectivity index (χ3n) is 3.57. The third kappa shape index (κ3) is 3.81. The number of phenols is 1. The first kappa shape index (κ1) is 17.4. The predicted octanol–water partition coefficient (Wildman–Crippen LogP) is 4.23. The van der Waals surface area contributed by atoms with Gasteiger partial charge in [-0.3, -0.25) is 0 Å². The number of carbonyl (C=O) groups excluding carboxylic acids is 1. The van der Waals surface area contributed by atoms with Crippen molar-refractivity contribution in [3.8, 4) is 5.75 Å². The monoisotopic (exact) mass is 376 g/mol. The smallest absolute Gasteiger partial charge is 0.340 e. The molecule has 0 bridgehead atoms. The van der Waals surface area contributed by atoms with Gasteiger partial charge in [0.2, 0.25) is 0 Å². The summed E-state index contributed by atoms with van der Waals surface area (Å²) in [6.45, 7) is -0.120. The van der Waals surface area contributed by atoms with Crippen LogP contribution in [0.2, 0.25) is 5.02 Å². The van der Waals surface area contributed by atoms with Gasteiger partial charge in [0.25, 0.3) is 0 Å². The highest BCUT2D eigenvalue weighted by Crippen LogP contribution is 2.25. The summed E-state index contributed by atoms with van der Waals surface area (Å²) in [5.41, 5.74) is 0.377. The van der Waals surface area contributed by atoms with Crippen molar-refractivity contribution < 1.29 is 19.1 Å². The molecule has 1 N–H and O–H groups in total. The van der Waals surface area contributed by atoms with Gasteiger partial charge in [0.15, 0.2) is 0 Å². The summed E-state index contributed by atoms with van der Waals surface area (Å²) in [5.74, 6) is -0.605. The molecule has 1 aromatic heterocycles. The van der Waals surface area contributed by atoms with E-state index in [1.807, 2.05) is 12.3 Å². The summed E-state index contributed by atoms with van der Waals surface area (Å²) < 4.78 is 10.4. The number of aromatic hydroxyl groups is 1. The van der Waals surface area contributed by atoms with Crippen molar-refractivity contribution in [1.29, 1.82) is 0 Å². The second-order valence-corrected chi connectivity index (χ2v) is 6.48. The number of halogens is 1. The van der Waals surface area contributed by atoms with Crippen LogP contribution in [0.1, 0.15) is 15.9 Å². The first-order valence-electron chi connectivity index (χ1n) is 7.24. The lowest BCUT2D eigenvalue weighted by Crippen LogP contribution is -2.08. The summed E-state index contributed by atoms with van der Waals surface area (Å²) in [4.78, 5) is 24.9. The second-order valence-electron chi connectivity index (χ2n) is 5.19. The van der Waals surface area contributed by atoms with E-state index in [0.717, 1.165) is 4.90 Å². The van der Waals surface area contributed by atoms with Gasteiger partial charge >= 0.3 is 11.6 Å². The van der Waals surface area contributed by atoms with Crippen LogP contribution in [-0.4, -0.2) is 17.3 Å². The topological polar surface area (TPSA) is 76.7 Å². The highest BCUT2D eigenvalue weighted by Gasteiger charge is 2.14. The number of carbonyl (C=O) groups is 1. The van der Waals surface area contributed by atoms with E-state index >= 15 is 0 Å². The zero-order valence-corrected chi connectivity index (χ0v) is 14.7. The molecule has 1 heterocycles. The summed E-state index contributed by atoms with van der Waals surface area (Å²) in [7, 11) is 0. The predicted molar refractivity (Wildman–Crippen MR) is 96.5 cm³/mol. The normalized spacial score (nSPS) is 10.8. The fourth-order valence-electron chi connectivity index (χ4n) is 2.35. The Morgan fingerprint density at radius 1 is 1.24 bits per heavy atom. The van der Waals surface area contributed by atoms with Gasteiger partial charge in [0, 0.05) is 28.0 Å². The Hall–Kier alpha value is -2.44. The number of hydrogen-bond donors (Lipinski definition) is 1. The van der Waals surface area contributed by atoms with Crippen molar-refractivity contribution in [2.45, 2.75) is 11.5 Å². The van der Waals surface area contributed by atoms with Gasteiger partial charge in [-0.2, -0.15) is 0 Å². The average Bonchev–Trinajstić information content (AvgIpc) is 2.59. The molecule has 3 rings (SSSR count). The van der Waals surface area contributed by atoms with Crippen molar-refractivity contribution in [1.82, 2.24) is 0 Å². The van der Waals surface area contributed by atoms with Crippen molar-refractivity contribution in [3.63, 3.8) is 0 Å². The molecule has 0 amide bonds. The molecule has 0 aliphatic heterocycles. The molecule has 0 saturated heterocycles. The minimum absolute atomic E-state index is 0.0227. The number of fused-ring (bicyclic) bond motifs is 1. The van der Waals surface area contributed by atoms with Gasteiger partial charge in [-0.1, -0.05) is 11.6 Å². The van der Waals surface area contributed by atoms with E-state index in [9.17, 15) is 14.7 Å². The Labute approximate surface area is 152 Å². The molecule has 7 heteroatoms. The SMILES string of the molecule is CSc1ccc(Cl)c(C(=O)OCc2cc(=O)oc3cc(O)ccc23)c1. The number of ether oxygens (including phenoxy) is 1. The molecular formula is C18H13ClO5S. The molecule has 2 aromatic carbocycles. The number of rotatable bonds is 4. The van der Waals surface area contributed by atoms with Crippen molar-refractivity contribution in [2.24, 2.45) is 0 Å². The Morgan fingerprint density at radius 3 is 2.80 bits per heavy atom. The number of benzene rings is 2. The third-order valence-corrected chi connectivity index (χ3v) is 4.62. The lowest BCUT2D eigenvalue weighted by molar-refractivity contribution is 0.0473. The van der Waals surface area contributed by atoms with Crippen LogP contribution in [-0.2, 0) is 11.3 Å². The maximum Gasteiger partial charge on any atom is 0.340 e. The van der Waals surface area contributed by atoms with E-state index in [4.69, 9.17) is 20.8 Å². The molecule has 0 radical (unpaired) electrons. The Balaban J connectivity index is 1.88. The lowest BCUT2D eigenvalue weighted by Gasteiger charge is -2.09. The molecule has 25 heavy (non-hydrogen) atoms. The molecule has 0 spiro atoms. The number of phenolic OH excluding ortho intramolecular Hbond substituents is 1. The van der Waals surface area contributed by atoms with Crippen LogP contribution >= 0.6 is 23.4 Å². The van der Waals surface area contributed by atoms with E-state index in [0.29, 0.717) is 16.0 Å². The molecule has 0 unspecified atom stereocenters. The minimum atomic E-state index is -0.591. The quantitative estimate of drug-likeness (QED) is 0.417. The van der Waals surface area contributed by atoms with E-state index in [1.54, 1.807) is 18.2 Å². The molecule has 0 aliphatic carbocycles. The molecule has 5 nitrogen and oxygen atoms in total. The van der Waals surface area contributed by atoms with E-state index < -0.39 is 11.6 Å². The zero-order chi connectivity index (χ0) is 18.0. The van der Waals surface area contributed by atoms with Gasteiger partial charge in [0.1, 0.15) is 17.9 Å². The van der Waals surface area contributed by atoms with E-state index in [2.05, 4.69) is 0 Å². The first-order valence-corrected chi connectivity index (χ1v) is 8.84. The molecular weight excluding hydrogens is 364 g/mol. The van der Waals surface area contributed by atoms with Crippen molar-refractivity contribution >= 4 is 40.3 Å². The number of thioether (sulfide) groups is 1. The molecule has 128 valence electrons. The van der Waals surface area contributed by atoms with Crippen LogP contribution < -0.4 is 5.63 Å². The fourth-order valence-corrected chi connectivity index (χ4v) is 2.98. The lowest BCUT2D eigenvalue weighted by atomic mass is 10.1. The molecule has 0 saturated carbocycles. The standard InChI is InChI=1S/C18H13ClO5S/c1-25-12-3-5-15(19)14(8-12)18(22)23-9-10-6-17(21)24-16-7-11(20)2-4-13(10)16/h2-8,20H,9H2,1H3. The Bertz CT molecular complexity index is 1010. The highest BCUT2D eigenvalue weighted by molar-refractivity contribution is 7.98. The second kappa shape index (κ2) is 7.21. The van der Waals surface area contributed by atoms with Crippen LogP contribution in [0.4, 0.5) is 0 Å². The number of esters is 1. The van der Waals surface area contributed by atoms with Gasteiger partial charge < -0.3 is 14.3 Å². The largest absolute Gasteiger partial charge is 0.508 e. The average molecular weight is 377 g/mol. The van der Waals surface area contributed by atoms with Crippen molar-refractivity contribution in [2.75, 3.05) is 6.26 Å². The van der Waals surface area contributed by atoms with Crippen molar-refractivity contribution in [3.05, 3.63) is 69.0 Å². The summed E-state index contributed by atoms with van der Waals surface area (Å²) in [5, 5.41) is 10.4. The van der Waals surface area contributed by atoms with Gasteiger partial charge in [0.05, 0.1) is 10.6 Å². The Morgan fingerprint density at radius 2 is 2.04 bits per heavy atom. The summed E-state index contributed by atoms with van der Waals surface area (Å²) in [6, 6.07) is 10.8. The minimum Gasteiger partial charge on any atom is -0.508 e.